The number of thioether (sulfide) groups is 1. The molecule has 0 saturated carbocycles. The lowest BCUT2D eigenvalue weighted by Crippen LogP contribution is -2.36. The van der Waals surface area contributed by atoms with Crippen molar-refractivity contribution in [1.82, 2.24) is 15.5 Å². The monoisotopic (exact) mass is 429 g/mol. The van der Waals surface area contributed by atoms with Gasteiger partial charge in [0.25, 0.3) is 5.91 Å². The highest BCUT2D eigenvalue weighted by molar-refractivity contribution is 7.98. The molecule has 0 aliphatic heterocycles. The number of carbonyl (C=O) groups excluding carboxylic acids is 1. The Morgan fingerprint density at radius 1 is 1.21 bits per heavy atom. The van der Waals surface area contributed by atoms with Crippen LogP contribution in [0.25, 0.3) is 0 Å². The second-order valence-corrected chi connectivity index (χ2v) is 8.92. The molecule has 1 aromatic carbocycles. The number of amides is 1. The quantitative estimate of drug-likeness (QED) is 0.513. The number of carbonyl (C=O) groups is 1. The Hall–Kier alpha value is -2.31. The second kappa shape index (κ2) is 9.01. The van der Waals surface area contributed by atoms with Gasteiger partial charge in [-0.3, -0.25) is 4.79 Å². The summed E-state index contributed by atoms with van der Waals surface area (Å²) in [5, 5.41) is 8.42. The Balaban J connectivity index is 1.69. The molecule has 3 rings (SSSR count). The Morgan fingerprint density at radius 2 is 1.93 bits per heavy atom. The number of nitrogens with one attached hydrogen (secondary N) is 1. The van der Waals surface area contributed by atoms with Crippen molar-refractivity contribution >= 4 is 29.3 Å². The average molecular weight is 430 g/mol. The molecule has 2 heterocycles. The summed E-state index contributed by atoms with van der Waals surface area (Å²) >= 11 is 7.49. The van der Waals surface area contributed by atoms with Gasteiger partial charge in [-0.05, 0) is 43.7 Å². The van der Waals surface area contributed by atoms with Crippen molar-refractivity contribution in [2.45, 2.75) is 43.9 Å². The lowest BCUT2D eigenvalue weighted by Gasteiger charge is -2.26. The molecular weight excluding hydrogens is 406 g/mol. The first-order valence-corrected chi connectivity index (χ1v) is 10.7. The minimum Gasteiger partial charge on any atom is -0.361 e. The van der Waals surface area contributed by atoms with Crippen molar-refractivity contribution < 1.29 is 9.32 Å². The zero-order valence-electron chi connectivity index (χ0n) is 17.0. The van der Waals surface area contributed by atoms with Crippen LogP contribution >= 0.6 is 23.4 Å². The Labute approximate surface area is 180 Å². The number of aryl methyl sites for hydroxylation is 2. The molecule has 1 N–H and O–H groups in total. The van der Waals surface area contributed by atoms with Gasteiger partial charge < -0.3 is 9.84 Å². The number of hydrogen-bond donors (Lipinski definition) is 1. The van der Waals surface area contributed by atoms with Crippen LogP contribution < -0.4 is 5.32 Å². The predicted octanol–water partition coefficient (Wildman–Crippen LogP) is 5.34. The summed E-state index contributed by atoms with van der Waals surface area (Å²) < 4.78 is 5.22. The van der Waals surface area contributed by atoms with Crippen molar-refractivity contribution in [3.05, 3.63) is 75.8 Å². The van der Waals surface area contributed by atoms with Gasteiger partial charge in [-0.15, -0.1) is 11.8 Å². The van der Waals surface area contributed by atoms with E-state index in [1.807, 2.05) is 38.1 Å². The highest BCUT2D eigenvalue weighted by Crippen LogP contribution is 2.28. The van der Waals surface area contributed by atoms with Crippen molar-refractivity contribution in [3.8, 4) is 0 Å². The lowest BCUT2D eigenvalue weighted by atomic mass is 9.84. The smallest absolute Gasteiger partial charge is 0.254 e. The molecule has 1 amide bonds. The summed E-state index contributed by atoms with van der Waals surface area (Å²) in [6.07, 6.45) is 1.70. The molecule has 0 atom stereocenters. The molecule has 29 heavy (non-hydrogen) atoms. The van der Waals surface area contributed by atoms with Crippen LogP contribution in [-0.2, 0) is 11.2 Å². The summed E-state index contributed by atoms with van der Waals surface area (Å²) in [6.45, 7) is 8.48. The highest BCUT2D eigenvalue weighted by atomic mass is 35.5. The van der Waals surface area contributed by atoms with Gasteiger partial charge in [-0.1, -0.05) is 42.7 Å². The van der Waals surface area contributed by atoms with Crippen LogP contribution in [0.5, 0.6) is 0 Å². The largest absolute Gasteiger partial charge is 0.361 e. The van der Waals surface area contributed by atoms with E-state index in [1.165, 1.54) is 11.8 Å². The molecule has 3 aromatic rings. The van der Waals surface area contributed by atoms with Crippen LogP contribution in [0.2, 0.25) is 5.02 Å². The molecule has 0 aliphatic rings. The predicted molar refractivity (Wildman–Crippen MR) is 117 cm³/mol. The van der Waals surface area contributed by atoms with Crippen molar-refractivity contribution in [1.29, 1.82) is 0 Å². The fraction of sp³-hybridized carbons (Fsp3) is 0.318. The van der Waals surface area contributed by atoms with E-state index in [2.05, 4.69) is 29.3 Å². The fourth-order valence-electron chi connectivity index (χ4n) is 2.93. The Kier molecular flexibility index (Phi) is 6.65. The van der Waals surface area contributed by atoms with E-state index in [0.717, 1.165) is 22.6 Å². The van der Waals surface area contributed by atoms with Crippen LogP contribution in [0.4, 0.5) is 0 Å². The first-order chi connectivity index (χ1) is 13.8. The van der Waals surface area contributed by atoms with Gasteiger partial charge in [-0.2, -0.15) is 0 Å². The summed E-state index contributed by atoms with van der Waals surface area (Å²) in [5.41, 5.74) is 3.35. The maximum Gasteiger partial charge on any atom is 0.254 e. The van der Waals surface area contributed by atoms with Gasteiger partial charge in [0.05, 0.1) is 11.3 Å². The van der Waals surface area contributed by atoms with Gasteiger partial charge in [0.2, 0.25) is 0 Å². The molecule has 0 bridgehead atoms. The molecule has 0 aliphatic carbocycles. The summed E-state index contributed by atoms with van der Waals surface area (Å²) in [5.74, 6) is 1.30. The van der Waals surface area contributed by atoms with Crippen LogP contribution in [0.1, 0.15) is 46.8 Å². The normalized spacial score (nSPS) is 11.5. The maximum absolute atomic E-state index is 12.9. The number of pyridine rings is 1. The van der Waals surface area contributed by atoms with Crippen LogP contribution in [0.15, 0.2) is 52.1 Å². The molecule has 0 unspecified atom stereocenters. The first kappa shape index (κ1) is 21.4. The van der Waals surface area contributed by atoms with Gasteiger partial charge in [0, 0.05) is 34.5 Å². The molecule has 5 nitrogen and oxygen atoms in total. The van der Waals surface area contributed by atoms with E-state index in [0.29, 0.717) is 27.9 Å². The van der Waals surface area contributed by atoms with E-state index in [9.17, 15) is 4.79 Å². The van der Waals surface area contributed by atoms with E-state index >= 15 is 0 Å². The van der Waals surface area contributed by atoms with Crippen LogP contribution in [-0.4, -0.2) is 22.6 Å². The number of benzene rings is 1. The number of nitrogens with zero attached hydrogens (tertiary/aromatic N) is 2. The first-order valence-electron chi connectivity index (χ1n) is 9.32. The number of rotatable bonds is 7. The number of hydrogen-bond acceptors (Lipinski definition) is 5. The van der Waals surface area contributed by atoms with E-state index < -0.39 is 0 Å². The Morgan fingerprint density at radius 3 is 2.59 bits per heavy atom. The number of halogens is 1. The molecule has 7 heteroatoms. The summed E-state index contributed by atoms with van der Waals surface area (Å²) in [7, 11) is 0. The van der Waals surface area contributed by atoms with Gasteiger partial charge >= 0.3 is 0 Å². The molecule has 2 aromatic heterocycles. The standard InChI is InChI=1S/C22H24ClN3O2S/c1-14-19(15(2)28-26-14)12-29-21-18(6-5-11-24-21)20(27)25-13-22(3,4)16-7-9-17(23)10-8-16/h5-11H,12-13H2,1-4H3,(H,25,27). The maximum atomic E-state index is 12.9. The third-order valence-electron chi connectivity index (χ3n) is 4.87. The zero-order chi connectivity index (χ0) is 21.0. The Bertz CT molecular complexity index is 980. The molecule has 0 fully saturated rings. The third-order valence-corrected chi connectivity index (χ3v) is 6.15. The SMILES string of the molecule is Cc1noc(C)c1CSc1ncccc1C(=O)NCC(C)(C)c1ccc(Cl)cc1. The summed E-state index contributed by atoms with van der Waals surface area (Å²) in [4.78, 5) is 17.3. The van der Waals surface area contributed by atoms with E-state index in [4.69, 9.17) is 16.1 Å². The van der Waals surface area contributed by atoms with Gasteiger partial charge in [0.15, 0.2) is 0 Å². The molecule has 0 radical (unpaired) electrons. The fourth-order valence-corrected chi connectivity index (χ4v) is 4.20. The van der Waals surface area contributed by atoms with Crippen LogP contribution in [0.3, 0.4) is 0 Å². The zero-order valence-corrected chi connectivity index (χ0v) is 18.5. The lowest BCUT2D eigenvalue weighted by molar-refractivity contribution is 0.0942. The second-order valence-electron chi connectivity index (χ2n) is 7.52. The van der Waals surface area contributed by atoms with Crippen molar-refractivity contribution in [2.24, 2.45) is 0 Å². The minimum absolute atomic E-state index is 0.138. The molecule has 152 valence electrons. The van der Waals surface area contributed by atoms with E-state index in [-0.39, 0.29) is 11.3 Å². The molecular formula is C22H24ClN3O2S. The van der Waals surface area contributed by atoms with Gasteiger partial charge in [0.1, 0.15) is 10.8 Å². The average Bonchev–Trinajstić information content (AvgIpc) is 3.03. The molecule has 0 spiro atoms. The van der Waals surface area contributed by atoms with Crippen molar-refractivity contribution in [3.63, 3.8) is 0 Å². The third kappa shape index (κ3) is 5.19. The van der Waals surface area contributed by atoms with Crippen LogP contribution in [0, 0.1) is 13.8 Å². The topological polar surface area (TPSA) is 68.0 Å². The molecule has 0 saturated heterocycles. The van der Waals surface area contributed by atoms with E-state index in [1.54, 1.807) is 18.3 Å². The van der Waals surface area contributed by atoms with Crippen molar-refractivity contribution in [2.75, 3.05) is 6.54 Å². The number of aromatic nitrogens is 2. The minimum atomic E-state index is -0.230. The summed E-state index contributed by atoms with van der Waals surface area (Å²) in [6, 6.07) is 11.3. The van der Waals surface area contributed by atoms with Gasteiger partial charge in [-0.25, -0.2) is 4.98 Å². The highest BCUT2D eigenvalue weighted by Gasteiger charge is 2.23.